The maximum absolute atomic E-state index is 10.9. The van der Waals surface area contributed by atoms with Crippen molar-refractivity contribution >= 4 is 41.8 Å². The monoisotopic (exact) mass is 401 g/mol. The minimum absolute atomic E-state index is 0.355. The summed E-state index contributed by atoms with van der Waals surface area (Å²) in [6, 6.07) is 7.83. The molecule has 0 heterocycles. The number of amides is 2. The molecular formula is C18H28ClN3O3S. The average Bonchev–Trinajstić information content (AvgIpc) is 2.56. The fourth-order valence-electron chi connectivity index (χ4n) is 1.68. The Hall–Kier alpha value is -1.99. The van der Waals surface area contributed by atoms with Crippen LogP contribution >= 0.6 is 23.5 Å². The highest BCUT2D eigenvalue weighted by Gasteiger charge is 2.06. The third-order valence-electron chi connectivity index (χ3n) is 2.42. The molecule has 0 aliphatic rings. The Kier molecular flexibility index (Phi) is 16.6. The molecule has 3 N–H and O–H groups in total. The topological polar surface area (TPSA) is 96.5 Å². The predicted octanol–water partition coefficient (Wildman–Crippen LogP) is 4.71. The molecule has 0 aromatic heterocycles. The van der Waals surface area contributed by atoms with Crippen molar-refractivity contribution in [2.75, 3.05) is 6.61 Å². The van der Waals surface area contributed by atoms with Crippen LogP contribution < -0.4 is 5.73 Å². The Balaban J connectivity index is 0. The van der Waals surface area contributed by atoms with Crippen LogP contribution in [0.25, 0.3) is 0 Å². The second-order valence-electron chi connectivity index (χ2n) is 4.66. The molecule has 0 unspecified atom stereocenters. The van der Waals surface area contributed by atoms with Crippen LogP contribution in [0.2, 0.25) is 0 Å². The van der Waals surface area contributed by atoms with Crippen LogP contribution in [0, 0.1) is 5.41 Å². The van der Waals surface area contributed by atoms with Crippen LogP contribution in [0.5, 0.6) is 0 Å². The lowest BCUT2D eigenvalue weighted by Gasteiger charge is -2.15. The van der Waals surface area contributed by atoms with Gasteiger partial charge in [-0.15, -0.1) is 0 Å². The normalized spacial score (nSPS) is 8.81. The zero-order valence-electron chi connectivity index (χ0n) is 15.8. The Morgan fingerprint density at radius 1 is 1.42 bits per heavy atom. The van der Waals surface area contributed by atoms with Crippen molar-refractivity contribution in [3.8, 4) is 0 Å². The van der Waals surface area contributed by atoms with Gasteiger partial charge < -0.3 is 15.9 Å². The predicted molar refractivity (Wildman–Crippen MR) is 110 cm³/mol. The van der Waals surface area contributed by atoms with Crippen molar-refractivity contribution in [2.45, 2.75) is 40.7 Å². The van der Waals surface area contributed by atoms with E-state index in [1.807, 2.05) is 38.1 Å². The number of rotatable bonds is 8. The second kappa shape index (κ2) is 16.5. The summed E-state index contributed by atoms with van der Waals surface area (Å²) >= 11 is 6.77. The van der Waals surface area contributed by atoms with Crippen LogP contribution in [-0.4, -0.2) is 29.1 Å². The molecule has 146 valence electrons. The van der Waals surface area contributed by atoms with Crippen molar-refractivity contribution in [1.82, 2.24) is 4.31 Å². The number of hydrogen-bond acceptors (Lipinski definition) is 5. The molecule has 0 aliphatic heterocycles. The lowest BCUT2D eigenvalue weighted by molar-refractivity contribution is -0.114. The number of nitrogens with one attached hydrogen (secondary N) is 1. The SMILES string of the molecule is C=C(Cl)SN(C=O)Cc1cccc(CC(C)=N)c1.CC.CCOC(N)=O. The van der Waals surface area contributed by atoms with Crippen molar-refractivity contribution in [2.24, 2.45) is 5.73 Å². The highest BCUT2D eigenvalue weighted by atomic mass is 35.5. The number of benzene rings is 1. The summed E-state index contributed by atoms with van der Waals surface area (Å²) < 4.78 is 6.01. The number of halogens is 1. The molecule has 26 heavy (non-hydrogen) atoms. The fraction of sp³-hybridized carbons (Fsp3) is 0.389. The molecular weight excluding hydrogens is 374 g/mol. The molecule has 0 aliphatic carbocycles. The van der Waals surface area contributed by atoms with E-state index in [1.54, 1.807) is 13.8 Å². The molecule has 2 amide bonds. The van der Waals surface area contributed by atoms with Gasteiger partial charge in [0, 0.05) is 24.1 Å². The third kappa shape index (κ3) is 15.5. The highest BCUT2D eigenvalue weighted by molar-refractivity contribution is 8.02. The number of primary amides is 1. The van der Waals surface area contributed by atoms with E-state index in [4.69, 9.17) is 17.0 Å². The number of carbonyl (C=O) groups excluding carboxylic acids is 2. The summed E-state index contributed by atoms with van der Waals surface area (Å²) in [6.45, 7) is 11.8. The molecule has 0 saturated carbocycles. The van der Waals surface area contributed by atoms with E-state index in [0.29, 0.717) is 29.6 Å². The van der Waals surface area contributed by atoms with Crippen molar-refractivity contribution in [3.63, 3.8) is 0 Å². The standard InChI is InChI=1S/C13H15ClN2OS.C3H7NO2.C2H6/c1-10(15)6-12-4-3-5-13(7-12)8-16(9-17)18-11(2)14;1-2-6-3(4)5;1-2/h3-5,7,9,15H,2,6,8H2,1H3;2H2,1H3,(H2,4,5);1-2H3. The van der Waals surface area contributed by atoms with Crippen molar-refractivity contribution in [3.05, 3.63) is 46.3 Å². The van der Waals surface area contributed by atoms with E-state index in [2.05, 4.69) is 17.0 Å². The molecule has 0 spiro atoms. The molecule has 0 fully saturated rings. The summed E-state index contributed by atoms with van der Waals surface area (Å²) in [5.41, 5.74) is 7.23. The molecule has 0 radical (unpaired) electrons. The largest absolute Gasteiger partial charge is 0.450 e. The van der Waals surface area contributed by atoms with Crippen LogP contribution in [-0.2, 0) is 22.5 Å². The van der Waals surface area contributed by atoms with Gasteiger partial charge in [0.25, 0.3) is 0 Å². The summed E-state index contributed by atoms with van der Waals surface area (Å²) in [6.07, 6.45) is 0.648. The first-order valence-corrected chi connectivity index (χ1v) is 9.22. The number of nitrogens with zero attached hydrogens (tertiary/aromatic N) is 1. The lowest BCUT2D eigenvalue weighted by atomic mass is 10.1. The third-order valence-corrected chi connectivity index (χ3v) is 3.27. The van der Waals surface area contributed by atoms with Crippen molar-refractivity contribution < 1.29 is 14.3 Å². The van der Waals surface area contributed by atoms with Crippen LogP contribution in [0.3, 0.4) is 0 Å². The lowest BCUT2D eigenvalue weighted by Crippen LogP contribution is -2.12. The molecule has 0 atom stereocenters. The molecule has 6 nitrogen and oxygen atoms in total. The van der Waals surface area contributed by atoms with Crippen LogP contribution in [0.4, 0.5) is 4.79 Å². The molecule has 0 saturated heterocycles. The maximum atomic E-state index is 10.9. The zero-order valence-corrected chi connectivity index (χ0v) is 17.3. The van der Waals surface area contributed by atoms with E-state index < -0.39 is 6.09 Å². The van der Waals surface area contributed by atoms with Gasteiger partial charge in [0.05, 0.1) is 17.5 Å². The fourth-order valence-corrected chi connectivity index (χ4v) is 2.46. The van der Waals surface area contributed by atoms with Gasteiger partial charge in [0.2, 0.25) is 6.41 Å². The number of hydrogen-bond donors (Lipinski definition) is 2. The number of ether oxygens (including phenoxy) is 1. The Morgan fingerprint density at radius 2 is 2.00 bits per heavy atom. The molecule has 0 bridgehead atoms. The quantitative estimate of drug-likeness (QED) is 0.374. The van der Waals surface area contributed by atoms with Crippen molar-refractivity contribution in [1.29, 1.82) is 5.41 Å². The van der Waals surface area contributed by atoms with Gasteiger partial charge in [-0.1, -0.05) is 56.3 Å². The minimum atomic E-state index is -0.711. The smallest absolute Gasteiger partial charge is 0.404 e. The molecule has 1 aromatic rings. The van der Waals surface area contributed by atoms with E-state index in [9.17, 15) is 9.59 Å². The molecule has 1 rings (SSSR count). The minimum Gasteiger partial charge on any atom is -0.450 e. The summed E-state index contributed by atoms with van der Waals surface area (Å²) in [7, 11) is 0. The summed E-state index contributed by atoms with van der Waals surface area (Å²) in [5, 5.41) is 7.47. The number of carbonyl (C=O) groups is 2. The van der Waals surface area contributed by atoms with Gasteiger partial charge in [0.1, 0.15) is 0 Å². The van der Waals surface area contributed by atoms with E-state index in [0.717, 1.165) is 29.5 Å². The van der Waals surface area contributed by atoms with Gasteiger partial charge in [-0.05, 0) is 25.0 Å². The van der Waals surface area contributed by atoms with Gasteiger partial charge in [-0.3, -0.25) is 9.10 Å². The van der Waals surface area contributed by atoms with Gasteiger partial charge in [-0.25, -0.2) is 4.79 Å². The van der Waals surface area contributed by atoms with Gasteiger partial charge >= 0.3 is 6.09 Å². The summed E-state index contributed by atoms with van der Waals surface area (Å²) in [4.78, 5) is 20.5. The molecule has 1 aromatic carbocycles. The van der Waals surface area contributed by atoms with Crippen LogP contribution in [0.1, 0.15) is 38.8 Å². The van der Waals surface area contributed by atoms with E-state index in [1.165, 1.54) is 4.31 Å². The zero-order chi connectivity index (χ0) is 20.5. The van der Waals surface area contributed by atoms with Gasteiger partial charge in [-0.2, -0.15) is 0 Å². The second-order valence-corrected chi connectivity index (χ2v) is 6.48. The Bertz CT molecular complexity index is 583. The first-order valence-electron chi connectivity index (χ1n) is 8.06. The van der Waals surface area contributed by atoms with E-state index in [-0.39, 0.29) is 0 Å². The maximum Gasteiger partial charge on any atom is 0.404 e. The Morgan fingerprint density at radius 3 is 2.38 bits per heavy atom. The highest BCUT2D eigenvalue weighted by Crippen LogP contribution is 2.23. The molecule has 8 heteroatoms. The average molecular weight is 402 g/mol. The first kappa shape index (κ1) is 26.2. The Labute approximate surface area is 165 Å². The van der Waals surface area contributed by atoms with Gasteiger partial charge in [0.15, 0.2) is 0 Å². The number of nitrogens with two attached hydrogens (primary N) is 1. The van der Waals surface area contributed by atoms with E-state index >= 15 is 0 Å². The van der Waals surface area contributed by atoms with Crippen LogP contribution in [0.15, 0.2) is 35.2 Å². The first-order chi connectivity index (χ1) is 12.3. The summed E-state index contributed by atoms with van der Waals surface area (Å²) in [5.74, 6) is 0.